The van der Waals surface area contributed by atoms with Crippen LogP contribution in [-0.2, 0) is 9.68 Å². The van der Waals surface area contributed by atoms with E-state index >= 15 is 0 Å². The molecule has 0 unspecified atom stereocenters. The van der Waals surface area contributed by atoms with Crippen molar-refractivity contribution in [2.75, 3.05) is 31.8 Å². The topological polar surface area (TPSA) is 72.4 Å². The zero-order chi connectivity index (χ0) is 21.0. The highest BCUT2D eigenvalue weighted by molar-refractivity contribution is 7.98. The minimum Gasteiger partial charge on any atom is -0.497 e. The smallest absolute Gasteiger partial charge is 0.430 e. The first-order valence-corrected chi connectivity index (χ1v) is 11.1. The van der Waals surface area contributed by atoms with Crippen LogP contribution in [0.4, 0.5) is 10.5 Å². The van der Waals surface area contributed by atoms with Crippen LogP contribution in [0.1, 0.15) is 24.8 Å². The summed E-state index contributed by atoms with van der Waals surface area (Å²) in [5.74, 6) is 0.799. The predicted octanol–water partition coefficient (Wildman–Crippen LogP) is 4.54. The average molecular weight is 428 g/mol. The van der Waals surface area contributed by atoms with Crippen molar-refractivity contribution in [3.8, 4) is 5.75 Å². The number of anilines is 1. The van der Waals surface area contributed by atoms with Crippen molar-refractivity contribution in [2.24, 2.45) is 5.16 Å². The van der Waals surface area contributed by atoms with E-state index in [1.807, 2.05) is 54.8 Å². The lowest BCUT2D eigenvalue weighted by Crippen LogP contribution is -2.45. The van der Waals surface area contributed by atoms with Crippen molar-refractivity contribution in [2.45, 2.75) is 29.8 Å². The number of nitrogens with one attached hydrogen (secondary N) is 1. The molecule has 158 valence electrons. The van der Waals surface area contributed by atoms with Gasteiger partial charge in [-0.3, -0.25) is 5.32 Å². The lowest BCUT2D eigenvalue weighted by atomic mass is 9.86. The molecule has 1 spiro atoms. The summed E-state index contributed by atoms with van der Waals surface area (Å²) < 4.78 is 5.30. The number of benzene rings is 2. The SMILES string of the molecule is COc1cccc(C2=NOC3(CCN(OC(=O)Nc4cccc(SC)c4)CC3)C2)c1. The molecule has 2 aromatic rings. The molecule has 7 nitrogen and oxygen atoms in total. The Labute approximate surface area is 180 Å². The Balaban J connectivity index is 1.28. The van der Waals surface area contributed by atoms with Gasteiger partial charge in [0.1, 0.15) is 11.4 Å². The van der Waals surface area contributed by atoms with Gasteiger partial charge in [-0.1, -0.05) is 23.4 Å². The predicted molar refractivity (Wildman–Crippen MR) is 117 cm³/mol. The summed E-state index contributed by atoms with van der Waals surface area (Å²) in [5, 5.41) is 8.81. The van der Waals surface area contributed by atoms with E-state index in [4.69, 9.17) is 14.4 Å². The standard InChI is InChI=1S/C22H25N3O4S/c1-27-18-7-3-5-16(13-18)20-15-22(29-24-20)9-11-25(12-10-22)28-21(26)23-17-6-4-8-19(14-17)30-2/h3-8,13-14H,9-12,15H2,1-2H3,(H,23,26). The van der Waals surface area contributed by atoms with Gasteiger partial charge in [-0.2, -0.15) is 0 Å². The van der Waals surface area contributed by atoms with Gasteiger partial charge in [0.05, 0.1) is 12.8 Å². The number of hydrogen-bond acceptors (Lipinski definition) is 7. The monoisotopic (exact) mass is 427 g/mol. The second kappa shape index (κ2) is 8.97. The highest BCUT2D eigenvalue weighted by Gasteiger charge is 2.43. The van der Waals surface area contributed by atoms with Crippen molar-refractivity contribution >= 4 is 29.3 Å². The maximum absolute atomic E-state index is 12.2. The molecular weight excluding hydrogens is 402 g/mol. The van der Waals surface area contributed by atoms with Crippen molar-refractivity contribution in [1.29, 1.82) is 0 Å². The van der Waals surface area contributed by atoms with Crippen molar-refractivity contribution in [3.63, 3.8) is 0 Å². The van der Waals surface area contributed by atoms with Gasteiger partial charge in [-0.05, 0) is 36.6 Å². The number of carbonyl (C=O) groups is 1. The number of oxime groups is 1. The van der Waals surface area contributed by atoms with Gasteiger partial charge in [0.2, 0.25) is 0 Å². The number of thioether (sulfide) groups is 1. The molecule has 1 saturated heterocycles. The van der Waals surface area contributed by atoms with Crippen LogP contribution in [0.25, 0.3) is 0 Å². The molecule has 0 atom stereocenters. The summed E-state index contributed by atoms with van der Waals surface area (Å²) in [6.45, 7) is 1.19. The number of rotatable bonds is 5. The normalized spacial score (nSPS) is 17.9. The van der Waals surface area contributed by atoms with Gasteiger partial charge >= 0.3 is 6.09 Å². The molecule has 2 aromatic carbocycles. The molecule has 8 heteroatoms. The Morgan fingerprint density at radius 2 is 2.00 bits per heavy atom. The molecule has 0 bridgehead atoms. The second-order valence-corrected chi connectivity index (χ2v) is 8.27. The van der Waals surface area contributed by atoms with E-state index in [1.54, 1.807) is 23.9 Å². The largest absolute Gasteiger partial charge is 0.497 e. The van der Waals surface area contributed by atoms with E-state index in [0.29, 0.717) is 13.1 Å². The fraction of sp³-hybridized carbons (Fsp3) is 0.364. The number of carbonyl (C=O) groups excluding carboxylic acids is 1. The van der Waals surface area contributed by atoms with Crippen LogP contribution in [0.5, 0.6) is 5.75 Å². The zero-order valence-electron chi connectivity index (χ0n) is 17.1. The maximum Gasteiger partial charge on any atom is 0.430 e. The highest BCUT2D eigenvalue weighted by atomic mass is 32.2. The second-order valence-electron chi connectivity index (χ2n) is 7.39. The Morgan fingerprint density at radius 3 is 2.77 bits per heavy atom. The molecule has 1 fully saturated rings. The Morgan fingerprint density at radius 1 is 1.20 bits per heavy atom. The van der Waals surface area contributed by atoms with Crippen LogP contribution < -0.4 is 10.1 Å². The summed E-state index contributed by atoms with van der Waals surface area (Å²) in [5.41, 5.74) is 2.32. The highest BCUT2D eigenvalue weighted by Crippen LogP contribution is 2.36. The maximum atomic E-state index is 12.2. The molecule has 2 aliphatic rings. The van der Waals surface area contributed by atoms with Gasteiger partial charge in [0, 0.05) is 48.5 Å². The Kier molecular flexibility index (Phi) is 6.15. The minimum atomic E-state index is -0.482. The van der Waals surface area contributed by atoms with Crippen LogP contribution in [0.15, 0.2) is 58.6 Å². The van der Waals surface area contributed by atoms with E-state index < -0.39 is 6.09 Å². The van der Waals surface area contributed by atoms with E-state index in [1.165, 1.54) is 0 Å². The first-order valence-electron chi connectivity index (χ1n) is 9.87. The third-order valence-corrected chi connectivity index (χ3v) is 6.13. The average Bonchev–Trinajstić information content (AvgIpc) is 3.19. The number of methoxy groups -OCH3 is 1. The van der Waals surface area contributed by atoms with Crippen molar-refractivity contribution < 1.29 is 19.2 Å². The summed E-state index contributed by atoms with van der Waals surface area (Å²) in [6.07, 6.45) is 3.72. The third kappa shape index (κ3) is 4.71. The van der Waals surface area contributed by atoms with Crippen LogP contribution in [-0.4, -0.2) is 48.9 Å². The van der Waals surface area contributed by atoms with Gasteiger partial charge in [-0.15, -0.1) is 16.8 Å². The quantitative estimate of drug-likeness (QED) is 0.707. The lowest BCUT2D eigenvalue weighted by molar-refractivity contribution is -0.154. The molecule has 1 N–H and O–H groups in total. The van der Waals surface area contributed by atoms with Crippen LogP contribution >= 0.6 is 11.8 Å². The van der Waals surface area contributed by atoms with Gasteiger partial charge in [0.15, 0.2) is 0 Å². The molecule has 0 radical (unpaired) electrons. The number of amides is 1. The number of piperidine rings is 1. The zero-order valence-corrected chi connectivity index (χ0v) is 17.9. The number of nitrogens with zero attached hydrogens (tertiary/aromatic N) is 2. The van der Waals surface area contributed by atoms with Crippen LogP contribution in [0, 0.1) is 0 Å². The Bertz CT molecular complexity index is 941. The molecule has 30 heavy (non-hydrogen) atoms. The molecule has 2 aliphatic heterocycles. The fourth-order valence-corrected chi connectivity index (χ4v) is 4.15. The number of ether oxygens (including phenoxy) is 1. The molecular formula is C22H25N3O4S. The molecule has 4 rings (SSSR count). The number of hydrogen-bond donors (Lipinski definition) is 1. The van der Waals surface area contributed by atoms with E-state index in [0.717, 1.165) is 46.9 Å². The van der Waals surface area contributed by atoms with Crippen molar-refractivity contribution in [3.05, 3.63) is 54.1 Å². The van der Waals surface area contributed by atoms with Gasteiger partial charge < -0.3 is 14.4 Å². The third-order valence-electron chi connectivity index (χ3n) is 5.40. The first kappa shape index (κ1) is 20.6. The van der Waals surface area contributed by atoms with E-state index in [2.05, 4.69) is 10.5 Å². The lowest BCUT2D eigenvalue weighted by Gasteiger charge is -2.35. The molecule has 0 aromatic heterocycles. The summed E-state index contributed by atoms with van der Waals surface area (Å²) in [4.78, 5) is 24.7. The minimum absolute atomic E-state index is 0.332. The molecule has 0 saturated carbocycles. The molecule has 0 aliphatic carbocycles. The van der Waals surface area contributed by atoms with Crippen LogP contribution in [0.2, 0.25) is 0 Å². The van der Waals surface area contributed by atoms with Gasteiger partial charge in [0.25, 0.3) is 0 Å². The fourth-order valence-electron chi connectivity index (χ4n) is 3.69. The molecule has 1 amide bonds. The summed E-state index contributed by atoms with van der Waals surface area (Å²) >= 11 is 1.62. The Hall–Kier alpha value is -2.71. The van der Waals surface area contributed by atoms with E-state index in [9.17, 15) is 4.79 Å². The summed E-state index contributed by atoms with van der Waals surface area (Å²) in [7, 11) is 1.65. The van der Waals surface area contributed by atoms with E-state index in [-0.39, 0.29) is 5.60 Å². The van der Waals surface area contributed by atoms with Gasteiger partial charge in [-0.25, -0.2) is 4.79 Å². The molecule has 2 heterocycles. The first-order chi connectivity index (χ1) is 14.6. The van der Waals surface area contributed by atoms with Crippen LogP contribution in [0.3, 0.4) is 0 Å². The van der Waals surface area contributed by atoms with Crippen molar-refractivity contribution in [1.82, 2.24) is 5.06 Å². The summed E-state index contributed by atoms with van der Waals surface area (Å²) in [6, 6.07) is 15.5. The number of hydroxylamine groups is 2.